The zero-order chi connectivity index (χ0) is 16.8. The summed E-state index contributed by atoms with van der Waals surface area (Å²) in [5.41, 5.74) is 1.11. The zero-order valence-corrected chi connectivity index (χ0v) is 13.5. The van der Waals surface area contributed by atoms with Gasteiger partial charge in [0.05, 0.1) is 0 Å². The summed E-state index contributed by atoms with van der Waals surface area (Å²) < 4.78 is 18.7. The molecule has 1 heterocycles. The van der Waals surface area contributed by atoms with Gasteiger partial charge in [-0.3, -0.25) is 4.79 Å². The summed E-state index contributed by atoms with van der Waals surface area (Å²) in [6.07, 6.45) is 0.613. The lowest BCUT2D eigenvalue weighted by Gasteiger charge is -2.10. The monoisotopic (exact) mass is 320 g/mol. The van der Waals surface area contributed by atoms with E-state index >= 15 is 0 Å². The maximum Gasteiger partial charge on any atom is 0.227 e. The maximum absolute atomic E-state index is 13.6. The van der Waals surface area contributed by atoms with Crippen LogP contribution in [0.25, 0.3) is 11.4 Å². The Labute approximate surface area is 134 Å². The Hall–Kier alpha value is -2.28. The van der Waals surface area contributed by atoms with Crippen LogP contribution in [0.15, 0.2) is 22.7 Å². The smallest absolute Gasteiger partial charge is 0.227 e. The molecule has 0 radical (unpaired) electrons. The van der Waals surface area contributed by atoms with E-state index in [1.165, 1.54) is 6.07 Å². The third-order valence-electron chi connectivity index (χ3n) is 3.56. The van der Waals surface area contributed by atoms with Crippen molar-refractivity contribution < 1.29 is 13.7 Å². The molecular weight excluding hydrogens is 299 g/mol. The van der Waals surface area contributed by atoms with Crippen molar-refractivity contribution in [2.45, 2.75) is 32.7 Å². The summed E-state index contributed by atoms with van der Waals surface area (Å²) >= 11 is 0. The molecule has 2 N–H and O–H groups in total. The lowest BCUT2D eigenvalue weighted by atomic mass is 10.1. The molecule has 1 atom stereocenters. The average molecular weight is 320 g/mol. The SMILES string of the molecule is CNC(C)CNC(=O)CCc1nc(-c2ccc(C)c(F)c2)no1. The molecule has 1 aromatic heterocycles. The highest BCUT2D eigenvalue weighted by Gasteiger charge is 2.12. The van der Waals surface area contributed by atoms with Crippen LogP contribution in [0.5, 0.6) is 0 Å². The van der Waals surface area contributed by atoms with E-state index in [4.69, 9.17) is 4.52 Å². The van der Waals surface area contributed by atoms with Gasteiger partial charge in [-0.15, -0.1) is 0 Å². The van der Waals surface area contributed by atoms with Crippen LogP contribution in [0.3, 0.4) is 0 Å². The number of hydrogen-bond donors (Lipinski definition) is 2. The van der Waals surface area contributed by atoms with Gasteiger partial charge in [-0.25, -0.2) is 4.39 Å². The molecule has 0 aliphatic heterocycles. The fourth-order valence-corrected chi connectivity index (χ4v) is 1.88. The summed E-state index contributed by atoms with van der Waals surface area (Å²) in [7, 11) is 1.84. The topological polar surface area (TPSA) is 80.0 Å². The predicted molar refractivity (Wildman–Crippen MR) is 84.3 cm³/mol. The molecule has 2 aromatic rings. The molecule has 1 unspecified atom stereocenters. The molecule has 0 bridgehead atoms. The number of rotatable bonds is 7. The average Bonchev–Trinajstić information content (AvgIpc) is 3.02. The molecule has 0 saturated heterocycles. The van der Waals surface area contributed by atoms with Crippen LogP contribution in [0, 0.1) is 12.7 Å². The highest BCUT2D eigenvalue weighted by atomic mass is 19.1. The van der Waals surface area contributed by atoms with Crippen LogP contribution in [0.4, 0.5) is 4.39 Å². The second-order valence-electron chi connectivity index (χ2n) is 5.47. The Kier molecular flexibility index (Phi) is 5.81. The van der Waals surface area contributed by atoms with E-state index in [2.05, 4.69) is 20.8 Å². The van der Waals surface area contributed by atoms with Crippen LogP contribution >= 0.6 is 0 Å². The molecule has 0 saturated carbocycles. The minimum atomic E-state index is -0.313. The van der Waals surface area contributed by atoms with Crippen LogP contribution in [-0.2, 0) is 11.2 Å². The van der Waals surface area contributed by atoms with Gasteiger partial charge in [0.1, 0.15) is 5.82 Å². The van der Waals surface area contributed by atoms with Crippen LogP contribution in [-0.4, -0.2) is 35.7 Å². The second-order valence-corrected chi connectivity index (χ2v) is 5.47. The van der Waals surface area contributed by atoms with Gasteiger partial charge in [0.2, 0.25) is 17.6 Å². The number of carbonyl (C=O) groups is 1. The summed E-state index contributed by atoms with van der Waals surface area (Å²) in [6.45, 7) is 4.23. The van der Waals surface area contributed by atoms with Crippen LogP contribution in [0.1, 0.15) is 24.8 Å². The molecule has 0 fully saturated rings. The van der Waals surface area contributed by atoms with E-state index in [1.807, 2.05) is 14.0 Å². The molecule has 0 aliphatic carbocycles. The van der Waals surface area contributed by atoms with E-state index < -0.39 is 0 Å². The quantitative estimate of drug-likeness (QED) is 0.814. The molecular formula is C16H21FN4O2. The first-order chi connectivity index (χ1) is 11.0. The van der Waals surface area contributed by atoms with Gasteiger partial charge >= 0.3 is 0 Å². The van der Waals surface area contributed by atoms with Gasteiger partial charge in [0, 0.05) is 31.0 Å². The van der Waals surface area contributed by atoms with Crippen LogP contribution < -0.4 is 10.6 Å². The van der Waals surface area contributed by atoms with Gasteiger partial charge in [-0.05, 0) is 32.5 Å². The van der Waals surface area contributed by atoms with Crippen molar-refractivity contribution in [1.29, 1.82) is 0 Å². The molecule has 1 amide bonds. The molecule has 0 aliphatic rings. The number of nitrogens with zero attached hydrogens (tertiary/aromatic N) is 2. The van der Waals surface area contributed by atoms with Crippen molar-refractivity contribution in [3.05, 3.63) is 35.5 Å². The highest BCUT2D eigenvalue weighted by Crippen LogP contribution is 2.19. The minimum Gasteiger partial charge on any atom is -0.355 e. The standard InChI is InChI=1S/C16H21FN4O2/c1-10-4-5-12(8-13(10)17)16-20-15(23-21-16)7-6-14(22)19-9-11(2)18-3/h4-5,8,11,18H,6-7,9H2,1-3H3,(H,19,22). The molecule has 1 aromatic carbocycles. The van der Waals surface area contributed by atoms with Gasteiger partial charge in [0.25, 0.3) is 0 Å². The lowest BCUT2D eigenvalue weighted by molar-refractivity contribution is -0.121. The van der Waals surface area contributed by atoms with Crippen molar-refractivity contribution in [1.82, 2.24) is 20.8 Å². The number of benzene rings is 1. The number of halogens is 1. The molecule has 124 valence electrons. The Morgan fingerprint density at radius 3 is 2.91 bits per heavy atom. The van der Waals surface area contributed by atoms with Crippen molar-refractivity contribution in [2.24, 2.45) is 0 Å². The zero-order valence-electron chi connectivity index (χ0n) is 13.5. The van der Waals surface area contributed by atoms with E-state index in [0.717, 1.165) is 0 Å². The molecule has 2 rings (SSSR count). The number of hydrogen-bond acceptors (Lipinski definition) is 5. The van der Waals surface area contributed by atoms with Gasteiger partial charge in [-0.2, -0.15) is 4.98 Å². The van der Waals surface area contributed by atoms with Gasteiger partial charge in [0.15, 0.2) is 0 Å². The van der Waals surface area contributed by atoms with Gasteiger partial charge in [-0.1, -0.05) is 17.3 Å². The number of nitrogens with one attached hydrogen (secondary N) is 2. The maximum atomic E-state index is 13.6. The van der Waals surface area contributed by atoms with E-state index in [0.29, 0.717) is 35.8 Å². The first-order valence-electron chi connectivity index (χ1n) is 7.52. The van der Waals surface area contributed by atoms with E-state index in [-0.39, 0.29) is 24.2 Å². The number of carbonyl (C=O) groups excluding carboxylic acids is 1. The van der Waals surface area contributed by atoms with Crippen molar-refractivity contribution >= 4 is 5.91 Å². The summed E-state index contributed by atoms with van der Waals surface area (Å²) in [4.78, 5) is 15.9. The number of likely N-dealkylation sites (N-methyl/N-ethyl adjacent to an activating group) is 1. The largest absolute Gasteiger partial charge is 0.355 e. The first kappa shape index (κ1) is 17.1. The van der Waals surface area contributed by atoms with Gasteiger partial charge < -0.3 is 15.2 Å². The van der Waals surface area contributed by atoms with Crippen molar-refractivity contribution in [3.63, 3.8) is 0 Å². The Balaban J connectivity index is 1.89. The Bertz CT molecular complexity index is 672. The van der Waals surface area contributed by atoms with Crippen molar-refractivity contribution in [2.75, 3.05) is 13.6 Å². The minimum absolute atomic E-state index is 0.0757. The Morgan fingerprint density at radius 1 is 1.43 bits per heavy atom. The third kappa shape index (κ3) is 4.85. The third-order valence-corrected chi connectivity index (χ3v) is 3.56. The number of aromatic nitrogens is 2. The molecule has 7 heteroatoms. The summed E-state index contributed by atoms with van der Waals surface area (Å²) in [6, 6.07) is 4.98. The molecule has 6 nitrogen and oxygen atoms in total. The summed E-state index contributed by atoms with van der Waals surface area (Å²) in [5.74, 6) is 0.293. The lowest BCUT2D eigenvalue weighted by Crippen LogP contribution is -2.37. The molecule has 0 spiro atoms. The fourth-order valence-electron chi connectivity index (χ4n) is 1.88. The predicted octanol–water partition coefficient (Wildman–Crippen LogP) is 1.84. The first-order valence-corrected chi connectivity index (χ1v) is 7.52. The number of aryl methyl sites for hydroxylation is 2. The highest BCUT2D eigenvalue weighted by molar-refractivity contribution is 5.76. The fraction of sp³-hybridized carbons (Fsp3) is 0.438. The Morgan fingerprint density at radius 2 is 2.22 bits per heavy atom. The molecule has 23 heavy (non-hydrogen) atoms. The summed E-state index contributed by atoms with van der Waals surface area (Å²) in [5, 5.41) is 9.68. The number of amides is 1. The van der Waals surface area contributed by atoms with E-state index in [9.17, 15) is 9.18 Å². The van der Waals surface area contributed by atoms with Crippen molar-refractivity contribution in [3.8, 4) is 11.4 Å². The van der Waals surface area contributed by atoms with E-state index in [1.54, 1.807) is 19.1 Å². The second kappa shape index (κ2) is 7.82. The normalized spacial score (nSPS) is 12.2. The van der Waals surface area contributed by atoms with Crippen LogP contribution in [0.2, 0.25) is 0 Å².